The highest BCUT2D eigenvalue weighted by Crippen LogP contribution is 2.10. The van der Waals surface area contributed by atoms with Crippen LogP contribution in [0.5, 0.6) is 0 Å². The summed E-state index contributed by atoms with van der Waals surface area (Å²) in [5, 5.41) is 14.2. The average molecular weight is 290 g/mol. The van der Waals surface area contributed by atoms with Crippen LogP contribution in [0.15, 0.2) is 0 Å². The molecule has 0 radical (unpaired) electrons. The molecule has 11 heavy (non-hydrogen) atoms. The number of nitrogens with two attached hydrogens (primary N) is 1. The Hall–Kier alpha value is -0.100. The van der Waals surface area contributed by atoms with E-state index in [0.717, 1.165) is 6.92 Å². The van der Waals surface area contributed by atoms with Gasteiger partial charge in [0, 0.05) is 13.3 Å². The van der Waals surface area contributed by atoms with Crippen LogP contribution in [0.25, 0.3) is 0 Å². The SMILES string of the molecule is CC(=O)O.N=C(N)CC(Br)Br. The van der Waals surface area contributed by atoms with E-state index in [1.165, 1.54) is 0 Å². The third-order valence-corrected chi connectivity index (χ3v) is 1.02. The first kappa shape index (κ1) is 13.5. The fourth-order valence-corrected chi connectivity index (χ4v) is 0.864. The third kappa shape index (κ3) is 40.6. The highest BCUT2D eigenvalue weighted by molar-refractivity contribution is 9.24. The zero-order valence-electron chi connectivity index (χ0n) is 5.97. The summed E-state index contributed by atoms with van der Waals surface area (Å²) in [5.74, 6) is -0.640. The molecule has 4 nitrogen and oxygen atoms in total. The summed E-state index contributed by atoms with van der Waals surface area (Å²) in [5.41, 5.74) is 5.02. The molecule has 0 saturated carbocycles. The molecule has 66 valence electrons. The van der Waals surface area contributed by atoms with E-state index in [1.807, 2.05) is 0 Å². The number of halogens is 2. The summed E-state index contributed by atoms with van der Waals surface area (Å²) < 4.78 is 0.150. The molecular weight excluding hydrogens is 280 g/mol. The van der Waals surface area contributed by atoms with Crippen LogP contribution in [-0.4, -0.2) is 20.6 Å². The third-order valence-electron chi connectivity index (χ3n) is 0.374. The highest BCUT2D eigenvalue weighted by atomic mass is 79.9. The number of alkyl halides is 2. The Bertz CT molecular complexity index is 134. The fourth-order valence-electron chi connectivity index (χ4n) is 0.166. The van der Waals surface area contributed by atoms with Gasteiger partial charge in [0.25, 0.3) is 5.97 Å². The maximum absolute atomic E-state index is 9.00. The van der Waals surface area contributed by atoms with E-state index < -0.39 is 5.97 Å². The molecule has 0 aromatic heterocycles. The lowest BCUT2D eigenvalue weighted by molar-refractivity contribution is -0.134. The molecule has 0 saturated heterocycles. The second kappa shape index (κ2) is 8.00. The number of amidine groups is 1. The average Bonchev–Trinajstić information content (AvgIpc) is 1.56. The zero-order chi connectivity index (χ0) is 9.44. The molecule has 0 aliphatic carbocycles. The second-order valence-corrected chi connectivity index (χ2v) is 5.08. The first-order valence-electron chi connectivity index (χ1n) is 2.66. The smallest absolute Gasteiger partial charge is 0.300 e. The zero-order valence-corrected chi connectivity index (χ0v) is 9.15. The Balaban J connectivity index is 0. The van der Waals surface area contributed by atoms with Crippen molar-refractivity contribution in [2.45, 2.75) is 17.1 Å². The normalized spacial score (nSPS) is 8.36. The van der Waals surface area contributed by atoms with E-state index in [9.17, 15) is 0 Å². The Morgan fingerprint density at radius 3 is 2.00 bits per heavy atom. The maximum Gasteiger partial charge on any atom is 0.300 e. The van der Waals surface area contributed by atoms with Crippen molar-refractivity contribution in [1.29, 1.82) is 5.41 Å². The maximum atomic E-state index is 9.00. The number of carbonyl (C=O) groups is 1. The van der Waals surface area contributed by atoms with Gasteiger partial charge in [0.15, 0.2) is 0 Å². The molecule has 0 aliphatic rings. The number of hydrogen-bond acceptors (Lipinski definition) is 2. The molecule has 0 heterocycles. The van der Waals surface area contributed by atoms with E-state index in [2.05, 4.69) is 31.9 Å². The van der Waals surface area contributed by atoms with Gasteiger partial charge in [-0.15, -0.1) is 0 Å². The van der Waals surface area contributed by atoms with Gasteiger partial charge in [0.1, 0.15) is 0 Å². The number of nitrogens with one attached hydrogen (secondary N) is 1. The van der Waals surface area contributed by atoms with Gasteiger partial charge in [0.2, 0.25) is 0 Å². The number of hydrogen-bond donors (Lipinski definition) is 3. The molecule has 0 aliphatic heterocycles. The van der Waals surface area contributed by atoms with E-state index in [4.69, 9.17) is 21.0 Å². The number of aliphatic carboxylic acids is 1. The summed E-state index contributed by atoms with van der Waals surface area (Å²) in [6, 6.07) is 0. The van der Waals surface area contributed by atoms with Crippen molar-refractivity contribution in [2.24, 2.45) is 5.73 Å². The molecule has 0 aromatic carbocycles. The molecule has 0 amide bonds. The van der Waals surface area contributed by atoms with Crippen LogP contribution in [0, 0.1) is 5.41 Å². The lowest BCUT2D eigenvalue weighted by atomic mass is 10.5. The van der Waals surface area contributed by atoms with Crippen molar-refractivity contribution in [3.63, 3.8) is 0 Å². The van der Waals surface area contributed by atoms with Gasteiger partial charge in [-0.25, -0.2) is 0 Å². The summed E-state index contributed by atoms with van der Waals surface area (Å²) in [6.45, 7) is 1.08. The van der Waals surface area contributed by atoms with Crippen molar-refractivity contribution in [1.82, 2.24) is 0 Å². The Labute approximate surface area is 81.9 Å². The number of carboxylic acids is 1. The van der Waals surface area contributed by atoms with Gasteiger partial charge >= 0.3 is 0 Å². The van der Waals surface area contributed by atoms with Gasteiger partial charge in [0.05, 0.1) is 9.57 Å². The minimum atomic E-state index is -0.833. The van der Waals surface area contributed by atoms with Gasteiger partial charge in [-0.05, 0) is 0 Å². The molecule has 0 aromatic rings. The van der Waals surface area contributed by atoms with Crippen LogP contribution < -0.4 is 5.73 Å². The van der Waals surface area contributed by atoms with Crippen molar-refractivity contribution in [3.8, 4) is 0 Å². The molecule has 0 spiro atoms. The molecule has 6 heteroatoms. The second-order valence-electron chi connectivity index (χ2n) is 1.64. The predicted octanol–water partition coefficient (Wildman–Crippen LogP) is 1.52. The van der Waals surface area contributed by atoms with Crippen LogP contribution in [0.1, 0.15) is 13.3 Å². The molecule has 0 bridgehead atoms. The van der Waals surface area contributed by atoms with Crippen molar-refractivity contribution in [3.05, 3.63) is 0 Å². The Morgan fingerprint density at radius 1 is 1.73 bits per heavy atom. The van der Waals surface area contributed by atoms with Gasteiger partial charge in [-0.2, -0.15) is 0 Å². The fraction of sp³-hybridized carbons (Fsp3) is 0.600. The lowest BCUT2D eigenvalue weighted by Gasteiger charge is -1.94. The Kier molecular flexibility index (Phi) is 9.81. The van der Waals surface area contributed by atoms with Gasteiger partial charge in [-0.1, -0.05) is 31.9 Å². The summed E-state index contributed by atoms with van der Waals surface area (Å²) in [4.78, 5) is 9.00. The van der Waals surface area contributed by atoms with E-state index in [-0.39, 0.29) is 9.57 Å². The highest BCUT2D eigenvalue weighted by Gasteiger charge is 1.96. The molecule has 4 N–H and O–H groups in total. The summed E-state index contributed by atoms with van der Waals surface area (Å²) >= 11 is 6.34. The van der Waals surface area contributed by atoms with Crippen LogP contribution >= 0.6 is 31.9 Å². The topological polar surface area (TPSA) is 87.2 Å². The van der Waals surface area contributed by atoms with E-state index in [1.54, 1.807) is 0 Å². The summed E-state index contributed by atoms with van der Waals surface area (Å²) in [6.07, 6.45) is 0.556. The van der Waals surface area contributed by atoms with Gasteiger partial charge < -0.3 is 10.8 Å². The van der Waals surface area contributed by atoms with Crippen LogP contribution in [0.4, 0.5) is 0 Å². The number of rotatable bonds is 2. The summed E-state index contributed by atoms with van der Waals surface area (Å²) in [7, 11) is 0. The quantitative estimate of drug-likeness (QED) is 0.409. The minimum Gasteiger partial charge on any atom is -0.481 e. The largest absolute Gasteiger partial charge is 0.481 e. The van der Waals surface area contributed by atoms with E-state index in [0.29, 0.717) is 6.42 Å². The molecule has 0 atom stereocenters. The first-order valence-corrected chi connectivity index (χ1v) is 4.50. The molecule has 0 rings (SSSR count). The van der Waals surface area contributed by atoms with Crippen molar-refractivity contribution < 1.29 is 9.90 Å². The van der Waals surface area contributed by atoms with Crippen LogP contribution in [0.2, 0.25) is 0 Å². The molecule has 0 unspecified atom stereocenters. The van der Waals surface area contributed by atoms with Crippen LogP contribution in [0.3, 0.4) is 0 Å². The first-order chi connectivity index (χ1) is 4.86. The predicted molar refractivity (Wildman–Crippen MR) is 51.5 cm³/mol. The standard InChI is InChI=1S/C3H6Br2N2.C2H4O2/c4-2(5)1-3(6)7;1-2(3)4/h2H,1H2,(H3,6,7);1H3,(H,3,4). The lowest BCUT2D eigenvalue weighted by Crippen LogP contribution is -2.11. The number of carboxylic acid groups (broad SMARTS) is 1. The van der Waals surface area contributed by atoms with Crippen molar-refractivity contribution in [2.75, 3.05) is 0 Å². The minimum absolute atomic E-state index is 0.150. The van der Waals surface area contributed by atoms with E-state index >= 15 is 0 Å². The van der Waals surface area contributed by atoms with Crippen LogP contribution in [-0.2, 0) is 4.79 Å². The molecule has 0 fully saturated rings. The molecular formula is C5H10Br2N2O2. The monoisotopic (exact) mass is 288 g/mol. The van der Waals surface area contributed by atoms with Crippen molar-refractivity contribution >= 4 is 43.7 Å². The Morgan fingerprint density at radius 2 is 2.00 bits per heavy atom. The van der Waals surface area contributed by atoms with Gasteiger partial charge in [-0.3, -0.25) is 10.2 Å².